The lowest BCUT2D eigenvalue weighted by molar-refractivity contribution is -0.145. The summed E-state index contributed by atoms with van der Waals surface area (Å²) in [5.74, 6) is -1.15. The van der Waals surface area contributed by atoms with Crippen LogP contribution in [0.2, 0.25) is 0 Å². The molecule has 9 heteroatoms. The molecule has 1 amide bonds. The number of ether oxygens (including phenoxy) is 1. The molecule has 0 saturated heterocycles. The van der Waals surface area contributed by atoms with E-state index in [-0.39, 0.29) is 6.54 Å². The van der Waals surface area contributed by atoms with Crippen molar-refractivity contribution in [3.8, 4) is 0 Å². The molecule has 9 nitrogen and oxygen atoms in total. The van der Waals surface area contributed by atoms with E-state index in [1.165, 1.54) is 9.58 Å². The maximum atomic E-state index is 12.8. The average Bonchev–Trinajstić information content (AvgIpc) is 3.02. The lowest BCUT2D eigenvalue weighted by Crippen LogP contribution is -2.50. The third-order valence-corrected chi connectivity index (χ3v) is 4.51. The Hall–Kier alpha value is -2.91. The molecule has 0 radical (unpaired) electrons. The summed E-state index contributed by atoms with van der Waals surface area (Å²) in [5.41, 5.74) is 4.27. The lowest BCUT2D eigenvalue weighted by Gasteiger charge is -2.38. The Kier molecular flexibility index (Phi) is 5.90. The van der Waals surface area contributed by atoms with E-state index in [0.717, 1.165) is 5.56 Å². The van der Waals surface area contributed by atoms with Gasteiger partial charge in [-0.3, -0.25) is 14.4 Å². The number of carbonyl (C=O) groups excluding carboxylic acids is 1. The average molecular weight is 402 g/mol. The number of aryl methyl sites for hydroxylation is 1. The largest absolute Gasteiger partial charge is 0.479 e. The Morgan fingerprint density at radius 2 is 1.97 bits per heavy atom. The summed E-state index contributed by atoms with van der Waals surface area (Å²) in [6.45, 7) is 5.59. The first-order valence-corrected chi connectivity index (χ1v) is 9.33. The van der Waals surface area contributed by atoms with E-state index in [9.17, 15) is 14.7 Å². The molecular weight excluding hydrogens is 376 g/mol. The molecule has 1 aliphatic heterocycles. The summed E-state index contributed by atoms with van der Waals surface area (Å²) in [5, 5.41) is 14.0. The van der Waals surface area contributed by atoms with Crippen LogP contribution in [0.5, 0.6) is 0 Å². The fourth-order valence-corrected chi connectivity index (χ4v) is 3.27. The normalized spacial score (nSPS) is 19.0. The Morgan fingerprint density at radius 1 is 1.28 bits per heavy atom. The highest BCUT2D eigenvalue weighted by Gasteiger charge is 2.44. The zero-order chi connectivity index (χ0) is 21.2. The van der Waals surface area contributed by atoms with Crippen LogP contribution >= 0.6 is 0 Å². The van der Waals surface area contributed by atoms with Crippen molar-refractivity contribution in [3.63, 3.8) is 0 Å². The highest BCUT2D eigenvalue weighted by Crippen LogP contribution is 2.35. The van der Waals surface area contributed by atoms with Crippen LogP contribution in [0.15, 0.2) is 36.5 Å². The van der Waals surface area contributed by atoms with Gasteiger partial charge in [0, 0.05) is 19.2 Å². The monoisotopic (exact) mass is 402 g/mol. The summed E-state index contributed by atoms with van der Waals surface area (Å²) in [4.78, 5) is 31.6. The zero-order valence-corrected chi connectivity index (χ0v) is 17.0. The van der Waals surface area contributed by atoms with Crippen LogP contribution in [0.25, 0.3) is 0 Å². The van der Waals surface area contributed by atoms with E-state index >= 15 is 0 Å². The molecular formula is C20H26N4O5. The first kappa shape index (κ1) is 20.8. The number of hydrogen-bond donors (Lipinski definition) is 2. The molecule has 2 atom stereocenters. The number of nitrogens with zero attached hydrogens (tertiary/aromatic N) is 3. The number of fused-ring (bicyclic) bond motifs is 1. The van der Waals surface area contributed by atoms with Crippen molar-refractivity contribution in [2.75, 3.05) is 6.54 Å². The van der Waals surface area contributed by atoms with Crippen molar-refractivity contribution < 1.29 is 24.3 Å². The number of carbonyl (C=O) groups is 2. The number of aromatic nitrogens is 2. The van der Waals surface area contributed by atoms with E-state index in [0.29, 0.717) is 17.9 Å². The number of amides is 1. The Balaban J connectivity index is 1.84. The SMILES string of the molecule is Cn1ncc2c1C(C(=O)O)N(C(=O)OC(C)(C)C)CC2NOCc1ccccc1. The van der Waals surface area contributed by atoms with Crippen molar-refractivity contribution in [2.45, 2.75) is 45.1 Å². The van der Waals surface area contributed by atoms with Crippen molar-refractivity contribution in [1.29, 1.82) is 0 Å². The van der Waals surface area contributed by atoms with Gasteiger partial charge >= 0.3 is 12.1 Å². The van der Waals surface area contributed by atoms with Crippen molar-refractivity contribution in [3.05, 3.63) is 53.3 Å². The molecule has 0 saturated carbocycles. The van der Waals surface area contributed by atoms with Crippen molar-refractivity contribution in [2.24, 2.45) is 7.05 Å². The molecule has 0 spiro atoms. The third-order valence-electron chi connectivity index (χ3n) is 4.51. The van der Waals surface area contributed by atoms with Crippen LogP contribution in [0.3, 0.4) is 0 Å². The van der Waals surface area contributed by atoms with Crippen LogP contribution in [-0.4, -0.2) is 44.0 Å². The van der Waals surface area contributed by atoms with E-state index in [2.05, 4.69) is 10.6 Å². The number of hydrogen-bond acceptors (Lipinski definition) is 6. The molecule has 1 aromatic carbocycles. The predicted octanol–water partition coefficient (Wildman–Crippen LogP) is 2.56. The number of benzene rings is 1. The van der Waals surface area contributed by atoms with E-state index in [1.807, 2.05) is 30.3 Å². The first-order chi connectivity index (χ1) is 13.7. The lowest BCUT2D eigenvalue weighted by atomic mass is 9.96. The quantitative estimate of drug-likeness (QED) is 0.741. The second-order valence-electron chi connectivity index (χ2n) is 7.93. The van der Waals surface area contributed by atoms with Gasteiger partial charge in [-0.15, -0.1) is 0 Å². The van der Waals surface area contributed by atoms with Crippen molar-refractivity contribution >= 4 is 12.1 Å². The van der Waals surface area contributed by atoms with Crippen LogP contribution in [0, 0.1) is 0 Å². The Bertz CT molecular complexity index is 875. The predicted molar refractivity (Wildman–Crippen MR) is 104 cm³/mol. The van der Waals surface area contributed by atoms with E-state index < -0.39 is 29.7 Å². The van der Waals surface area contributed by atoms with Gasteiger partial charge in [-0.25, -0.2) is 9.59 Å². The topological polar surface area (TPSA) is 106 Å². The fraction of sp³-hybridized carbons (Fsp3) is 0.450. The molecule has 2 aromatic rings. The summed E-state index contributed by atoms with van der Waals surface area (Å²) in [6, 6.07) is 7.98. The maximum Gasteiger partial charge on any atom is 0.411 e. The molecule has 29 heavy (non-hydrogen) atoms. The molecule has 2 heterocycles. The number of aliphatic carboxylic acids is 1. The van der Waals surface area contributed by atoms with Crippen molar-refractivity contribution in [1.82, 2.24) is 20.2 Å². The number of hydroxylamine groups is 1. The molecule has 1 aliphatic rings. The summed E-state index contributed by atoms with van der Waals surface area (Å²) in [7, 11) is 1.65. The van der Waals surface area contributed by atoms with Gasteiger partial charge in [0.2, 0.25) is 0 Å². The third kappa shape index (κ3) is 4.75. The Labute approximate surface area is 169 Å². The van der Waals surface area contributed by atoms with Crippen LogP contribution < -0.4 is 5.48 Å². The summed E-state index contributed by atoms with van der Waals surface area (Å²) in [6.07, 6.45) is 0.896. The van der Waals surface area contributed by atoms with Gasteiger partial charge < -0.3 is 9.84 Å². The molecule has 2 unspecified atom stereocenters. The molecule has 2 N–H and O–H groups in total. The minimum absolute atomic E-state index is 0.0688. The second kappa shape index (κ2) is 8.22. The van der Waals surface area contributed by atoms with Gasteiger partial charge in [-0.2, -0.15) is 10.6 Å². The molecule has 156 valence electrons. The van der Waals surface area contributed by atoms with Gasteiger partial charge in [0.05, 0.1) is 24.5 Å². The second-order valence-corrected chi connectivity index (χ2v) is 7.93. The highest BCUT2D eigenvalue weighted by atomic mass is 16.6. The van der Waals surface area contributed by atoms with Crippen LogP contribution in [0.1, 0.15) is 49.7 Å². The van der Waals surface area contributed by atoms with E-state index in [4.69, 9.17) is 9.57 Å². The van der Waals surface area contributed by atoms with Gasteiger partial charge in [-0.1, -0.05) is 30.3 Å². The maximum absolute atomic E-state index is 12.8. The number of carboxylic acid groups (broad SMARTS) is 1. The standard InChI is InChI=1S/C20H26N4O5/c1-20(2,3)29-19(27)24-11-15(22-28-12-13-8-6-5-7-9-13)14-10-21-23(4)16(14)17(24)18(25)26/h5-10,15,17,22H,11-12H2,1-4H3,(H,25,26). The molecule has 0 fully saturated rings. The summed E-state index contributed by atoms with van der Waals surface area (Å²) < 4.78 is 6.91. The first-order valence-electron chi connectivity index (χ1n) is 9.33. The molecule has 3 rings (SSSR count). The Morgan fingerprint density at radius 3 is 2.59 bits per heavy atom. The van der Waals surface area contributed by atoms with Gasteiger partial charge in [0.1, 0.15) is 5.60 Å². The van der Waals surface area contributed by atoms with Gasteiger partial charge in [0.25, 0.3) is 0 Å². The van der Waals surface area contributed by atoms with Crippen LogP contribution in [0.4, 0.5) is 4.79 Å². The highest BCUT2D eigenvalue weighted by molar-refractivity contribution is 5.82. The fourth-order valence-electron chi connectivity index (χ4n) is 3.27. The van der Waals surface area contributed by atoms with Gasteiger partial charge in [0.15, 0.2) is 6.04 Å². The molecule has 1 aromatic heterocycles. The minimum atomic E-state index is -1.19. The molecule has 0 bridgehead atoms. The van der Waals surface area contributed by atoms with E-state index in [1.54, 1.807) is 34.0 Å². The number of carboxylic acids is 1. The minimum Gasteiger partial charge on any atom is -0.479 e. The number of rotatable bonds is 5. The number of nitrogens with one attached hydrogen (secondary N) is 1. The zero-order valence-electron chi connectivity index (χ0n) is 17.0. The summed E-state index contributed by atoms with van der Waals surface area (Å²) >= 11 is 0. The smallest absolute Gasteiger partial charge is 0.411 e. The molecule has 0 aliphatic carbocycles. The van der Waals surface area contributed by atoms with Crippen LogP contribution in [-0.2, 0) is 28.0 Å². The van der Waals surface area contributed by atoms with Gasteiger partial charge in [-0.05, 0) is 26.3 Å².